The third-order valence-electron chi connectivity index (χ3n) is 3.33. The van der Waals surface area contributed by atoms with Gasteiger partial charge in [-0.1, -0.05) is 12.1 Å². The molecule has 0 aromatic heterocycles. The molecule has 1 aliphatic rings. The predicted molar refractivity (Wildman–Crippen MR) is 79.0 cm³/mol. The number of benzene rings is 1. The molecule has 114 valence electrons. The molecule has 0 bridgehead atoms. The Balaban J connectivity index is 1.80. The zero-order valence-electron chi connectivity index (χ0n) is 12.0. The van der Waals surface area contributed by atoms with Gasteiger partial charge in [-0.05, 0) is 24.7 Å². The Kier molecular flexibility index (Phi) is 5.13. The average molecular weight is 292 g/mol. The van der Waals surface area contributed by atoms with Crippen LogP contribution in [0.25, 0.3) is 0 Å². The van der Waals surface area contributed by atoms with E-state index in [1.54, 1.807) is 24.3 Å². The SMILES string of the molecule is CN1CCN(NC(=O)Nc2ccc(CC(=O)O)cc2)CC1. The molecule has 0 unspecified atom stereocenters. The average Bonchev–Trinajstić information content (AvgIpc) is 2.43. The van der Waals surface area contributed by atoms with Gasteiger partial charge in [-0.3, -0.25) is 10.2 Å². The second-order valence-corrected chi connectivity index (χ2v) is 5.12. The van der Waals surface area contributed by atoms with E-state index in [1.807, 2.05) is 5.01 Å². The highest BCUT2D eigenvalue weighted by Crippen LogP contribution is 2.10. The van der Waals surface area contributed by atoms with E-state index in [0.717, 1.165) is 26.2 Å². The minimum Gasteiger partial charge on any atom is -0.481 e. The minimum absolute atomic E-state index is 0.0201. The van der Waals surface area contributed by atoms with Crippen LogP contribution in [0.5, 0.6) is 0 Å². The number of anilines is 1. The van der Waals surface area contributed by atoms with E-state index < -0.39 is 5.97 Å². The van der Waals surface area contributed by atoms with Crippen LogP contribution >= 0.6 is 0 Å². The molecule has 1 aliphatic heterocycles. The zero-order valence-corrected chi connectivity index (χ0v) is 12.0. The van der Waals surface area contributed by atoms with Gasteiger partial charge in [0.05, 0.1) is 6.42 Å². The number of carboxylic acid groups (broad SMARTS) is 1. The van der Waals surface area contributed by atoms with Crippen LogP contribution in [0.2, 0.25) is 0 Å². The van der Waals surface area contributed by atoms with Gasteiger partial charge in [0.2, 0.25) is 0 Å². The maximum absolute atomic E-state index is 11.9. The fourth-order valence-corrected chi connectivity index (χ4v) is 2.10. The van der Waals surface area contributed by atoms with E-state index in [0.29, 0.717) is 11.3 Å². The van der Waals surface area contributed by atoms with Crippen molar-refractivity contribution in [2.24, 2.45) is 0 Å². The van der Waals surface area contributed by atoms with Gasteiger partial charge in [-0.15, -0.1) is 0 Å². The molecule has 0 aliphatic carbocycles. The lowest BCUT2D eigenvalue weighted by Gasteiger charge is -2.32. The van der Waals surface area contributed by atoms with E-state index in [-0.39, 0.29) is 12.5 Å². The summed E-state index contributed by atoms with van der Waals surface area (Å²) in [5.41, 5.74) is 4.13. The first-order valence-electron chi connectivity index (χ1n) is 6.85. The summed E-state index contributed by atoms with van der Waals surface area (Å²) < 4.78 is 0. The summed E-state index contributed by atoms with van der Waals surface area (Å²) in [6.07, 6.45) is -0.0201. The van der Waals surface area contributed by atoms with Crippen LogP contribution < -0.4 is 10.7 Å². The number of nitrogens with zero attached hydrogens (tertiary/aromatic N) is 2. The van der Waals surface area contributed by atoms with Gasteiger partial charge in [0.15, 0.2) is 0 Å². The largest absolute Gasteiger partial charge is 0.481 e. The Morgan fingerprint density at radius 2 is 1.76 bits per heavy atom. The molecule has 0 radical (unpaired) electrons. The Morgan fingerprint density at radius 1 is 1.14 bits per heavy atom. The minimum atomic E-state index is -0.872. The number of carbonyl (C=O) groups is 2. The van der Waals surface area contributed by atoms with Crippen molar-refractivity contribution >= 4 is 17.7 Å². The second-order valence-electron chi connectivity index (χ2n) is 5.12. The summed E-state index contributed by atoms with van der Waals surface area (Å²) >= 11 is 0. The molecule has 0 atom stereocenters. The summed E-state index contributed by atoms with van der Waals surface area (Å²) in [7, 11) is 2.05. The molecule has 0 spiro atoms. The molecule has 2 rings (SSSR count). The highest BCUT2D eigenvalue weighted by atomic mass is 16.4. The summed E-state index contributed by atoms with van der Waals surface area (Å²) in [5.74, 6) is -0.872. The number of likely N-dealkylation sites (N-methyl/N-ethyl adjacent to an activating group) is 1. The van der Waals surface area contributed by atoms with E-state index in [2.05, 4.69) is 22.7 Å². The first kappa shape index (κ1) is 15.3. The number of hydrogen-bond donors (Lipinski definition) is 3. The molecule has 7 nitrogen and oxygen atoms in total. The van der Waals surface area contributed by atoms with Gasteiger partial charge in [0.25, 0.3) is 0 Å². The molecule has 0 saturated carbocycles. The number of piperazine rings is 1. The van der Waals surface area contributed by atoms with E-state index in [4.69, 9.17) is 5.11 Å². The molecule has 1 heterocycles. The molecule has 1 fully saturated rings. The van der Waals surface area contributed by atoms with Gasteiger partial charge < -0.3 is 15.3 Å². The number of nitrogens with one attached hydrogen (secondary N) is 2. The number of carbonyl (C=O) groups excluding carboxylic acids is 1. The van der Waals surface area contributed by atoms with Crippen LogP contribution in [0.3, 0.4) is 0 Å². The molecule has 7 heteroatoms. The van der Waals surface area contributed by atoms with Crippen molar-refractivity contribution < 1.29 is 14.7 Å². The number of amides is 2. The molecular formula is C14H20N4O3. The summed E-state index contributed by atoms with van der Waals surface area (Å²) in [4.78, 5) is 24.6. The predicted octanol–water partition coefficient (Wildman–Crippen LogP) is 0.598. The summed E-state index contributed by atoms with van der Waals surface area (Å²) in [6, 6.07) is 6.49. The first-order valence-corrected chi connectivity index (χ1v) is 6.85. The molecule has 2 amide bonds. The fraction of sp³-hybridized carbons (Fsp3) is 0.429. The van der Waals surface area contributed by atoms with Crippen molar-refractivity contribution in [2.45, 2.75) is 6.42 Å². The molecule has 1 saturated heterocycles. The van der Waals surface area contributed by atoms with Crippen molar-refractivity contribution in [1.82, 2.24) is 15.3 Å². The number of carboxylic acids is 1. The van der Waals surface area contributed by atoms with Crippen LogP contribution in [0.15, 0.2) is 24.3 Å². The van der Waals surface area contributed by atoms with Crippen LogP contribution in [0.1, 0.15) is 5.56 Å². The molecule has 1 aromatic rings. The molecule has 1 aromatic carbocycles. The number of rotatable bonds is 4. The Labute approximate surface area is 123 Å². The quantitative estimate of drug-likeness (QED) is 0.756. The highest BCUT2D eigenvalue weighted by Gasteiger charge is 2.15. The highest BCUT2D eigenvalue weighted by molar-refractivity contribution is 5.88. The first-order chi connectivity index (χ1) is 10.0. The van der Waals surface area contributed by atoms with Crippen molar-refractivity contribution in [3.05, 3.63) is 29.8 Å². The fourth-order valence-electron chi connectivity index (χ4n) is 2.10. The third-order valence-corrected chi connectivity index (χ3v) is 3.33. The number of aliphatic carboxylic acids is 1. The number of hydrazine groups is 1. The Hall–Kier alpha value is -2.12. The van der Waals surface area contributed by atoms with Crippen molar-refractivity contribution in [2.75, 3.05) is 38.5 Å². The standard InChI is InChI=1S/C14H20N4O3/c1-17-6-8-18(9-7-17)16-14(21)15-12-4-2-11(3-5-12)10-13(19)20/h2-5H,6-10H2,1H3,(H,19,20)(H2,15,16,21). The second kappa shape index (κ2) is 7.05. The van der Waals surface area contributed by atoms with Crippen molar-refractivity contribution in [3.63, 3.8) is 0 Å². The maximum atomic E-state index is 11.9. The lowest BCUT2D eigenvalue weighted by molar-refractivity contribution is -0.136. The maximum Gasteiger partial charge on any atom is 0.333 e. The van der Waals surface area contributed by atoms with Crippen LogP contribution in [0, 0.1) is 0 Å². The van der Waals surface area contributed by atoms with E-state index >= 15 is 0 Å². The third kappa shape index (κ3) is 5.05. The van der Waals surface area contributed by atoms with Gasteiger partial charge in [-0.2, -0.15) is 0 Å². The van der Waals surface area contributed by atoms with Gasteiger partial charge in [0, 0.05) is 31.9 Å². The smallest absolute Gasteiger partial charge is 0.333 e. The number of urea groups is 1. The van der Waals surface area contributed by atoms with Crippen LogP contribution in [-0.2, 0) is 11.2 Å². The summed E-state index contributed by atoms with van der Waals surface area (Å²) in [6.45, 7) is 3.43. The zero-order chi connectivity index (χ0) is 15.2. The lowest BCUT2D eigenvalue weighted by Crippen LogP contribution is -2.53. The Bertz CT molecular complexity index is 495. The molecule has 21 heavy (non-hydrogen) atoms. The molecular weight excluding hydrogens is 272 g/mol. The Morgan fingerprint density at radius 3 is 2.33 bits per heavy atom. The topological polar surface area (TPSA) is 84.9 Å². The van der Waals surface area contributed by atoms with E-state index in [1.165, 1.54) is 0 Å². The van der Waals surface area contributed by atoms with Crippen molar-refractivity contribution in [3.8, 4) is 0 Å². The van der Waals surface area contributed by atoms with Gasteiger partial charge in [-0.25, -0.2) is 9.80 Å². The molecule has 3 N–H and O–H groups in total. The van der Waals surface area contributed by atoms with E-state index in [9.17, 15) is 9.59 Å². The van der Waals surface area contributed by atoms with Gasteiger partial charge >= 0.3 is 12.0 Å². The summed E-state index contributed by atoms with van der Waals surface area (Å²) in [5, 5.41) is 13.3. The van der Waals surface area contributed by atoms with Crippen molar-refractivity contribution in [1.29, 1.82) is 0 Å². The normalized spacial score (nSPS) is 16.4. The van der Waals surface area contributed by atoms with Crippen LogP contribution in [-0.4, -0.2) is 60.2 Å². The lowest BCUT2D eigenvalue weighted by atomic mass is 10.1. The monoisotopic (exact) mass is 292 g/mol. The van der Waals surface area contributed by atoms with Crippen LogP contribution in [0.4, 0.5) is 10.5 Å². The van der Waals surface area contributed by atoms with Gasteiger partial charge in [0.1, 0.15) is 0 Å². The number of hydrogen-bond acceptors (Lipinski definition) is 4.